The van der Waals surface area contributed by atoms with Gasteiger partial charge in [-0.05, 0) is 24.7 Å². The van der Waals surface area contributed by atoms with Crippen LogP contribution in [0.5, 0.6) is 0 Å². The van der Waals surface area contributed by atoms with Crippen LogP contribution in [-0.2, 0) is 27.2 Å². The number of rotatable bonds is 5. The first kappa shape index (κ1) is 22.3. The average molecular weight is 323 g/mol. The Morgan fingerprint density at radius 3 is 1.76 bits per heavy atom. The maximum absolute atomic E-state index is 10.0. The van der Waals surface area contributed by atoms with Crippen LogP contribution in [-0.4, -0.2) is 13.3 Å². The summed E-state index contributed by atoms with van der Waals surface area (Å²) >= 11 is 0. The Morgan fingerprint density at radius 2 is 1.47 bits per heavy atom. The molecule has 0 saturated heterocycles. The Morgan fingerprint density at radius 1 is 1.06 bits per heavy atom. The van der Waals surface area contributed by atoms with E-state index in [2.05, 4.69) is 20.8 Å². The monoisotopic (exact) mass is 323 g/mol. The zero-order valence-corrected chi connectivity index (χ0v) is 12.8. The van der Waals surface area contributed by atoms with Gasteiger partial charge in [-0.15, -0.1) is 0 Å². The van der Waals surface area contributed by atoms with Crippen molar-refractivity contribution >= 4 is 13.3 Å². The van der Waals surface area contributed by atoms with Gasteiger partial charge in [0.2, 0.25) is 0 Å². The average Bonchev–Trinajstić information content (AvgIpc) is 1.99. The van der Waals surface area contributed by atoms with Crippen molar-refractivity contribution in [2.45, 2.75) is 52.9 Å². The number of aliphatic carboxylic acids is 1. The third kappa shape index (κ3) is 38.6. The molecule has 0 aromatic rings. The largest absolute Gasteiger partial charge is 0.907 e. The molecule has 0 amide bonds. The molecule has 0 saturated carbocycles. The fraction of sp³-hybridized carbons (Fsp3) is 0.900. The molecule has 0 aromatic carbocycles. The van der Waals surface area contributed by atoms with E-state index in [4.69, 9.17) is 15.1 Å². The second-order valence-electron chi connectivity index (χ2n) is 4.78. The molecule has 0 aliphatic heterocycles. The molecule has 0 atom stereocenters. The van der Waals surface area contributed by atoms with Gasteiger partial charge in [0.1, 0.15) is 0 Å². The summed E-state index contributed by atoms with van der Waals surface area (Å²) in [6.45, 7) is 6.60. The molecular weight excluding hydrogens is 304 g/mol. The molecule has 0 fully saturated rings. The van der Waals surface area contributed by atoms with Crippen molar-refractivity contribution in [2.75, 3.05) is 0 Å². The molecule has 0 aromatic heterocycles. The molecule has 5 nitrogen and oxygen atoms in total. The molecule has 0 N–H and O–H groups in total. The van der Waals surface area contributed by atoms with E-state index in [9.17, 15) is 9.90 Å². The predicted octanol–water partition coefficient (Wildman–Crippen LogP) is -2.22. The third-order valence-corrected chi connectivity index (χ3v) is 1.81. The molecule has 1 radical (unpaired) electrons. The van der Waals surface area contributed by atoms with Gasteiger partial charge in [0, 0.05) is 28.3 Å². The Bertz CT molecular complexity index is 179. The Kier molecular flexibility index (Phi) is 16.6. The molecule has 7 heteroatoms. The minimum atomic E-state index is -2.92. The Balaban J connectivity index is -0.000000340. The van der Waals surface area contributed by atoms with E-state index >= 15 is 0 Å². The molecule has 0 spiro atoms. The normalized spacial score (nSPS) is 9.76. The number of unbranched alkanes of at least 4 members (excludes halogenated alkanes) is 2. The molecule has 0 aliphatic rings. The van der Waals surface area contributed by atoms with Crippen molar-refractivity contribution in [1.82, 2.24) is 0 Å². The van der Waals surface area contributed by atoms with Crippen molar-refractivity contribution in [1.29, 1.82) is 0 Å². The van der Waals surface area contributed by atoms with Crippen LogP contribution in [0.25, 0.3) is 0 Å². The van der Waals surface area contributed by atoms with Gasteiger partial charge in [-0.25, -0.2) is 0 Å². The summed E-state index contributed by atoms with van der Waals surface area (Å²) in [5.41, 5.74) is 0.376. The van der Waals surface area contributed by atoms with Gasteiger partial charge in [0.15, 0.2) is 0 Å². The maximum Gasteiger partial charge on any atom is 0.0414 e. The fourth-order valence-electron chi connectivity index (χ4n) is 1.10. The van der Waals surface area contributed by atoms with E-state index in [1.165, 1.54) is 6.42 Å². The van der Waals surface area contributed by atoms with Crippen molar-refractivity contribution in [3.05, 3.63) is 0 Å². The minimum Gasteiger partial charge on any atom is -0.907 e. The van der Waals surface area contributed by atoms with Crippen molar-refractivity contribution in [3.63, 3.8) is 0 Å². The van der Waals surface area contributed by atoms with Crippen LogP contribution in [0.4, 0.5) is 0 Å². The third-order valence-electron chi connectivity index (χ3n) is 1.81. The minimum absolute atomic E-state index is 0. The summed E-state index contributed by atoms with van der Waals surface area (Å²) in [4.78, 5) is 10.0. The Labute approximate surface area is 119 Å². The number of carbonyl (C=O) groups is 1. The maximum atomic E-state index is 10.0. The summed E-state index contributed by atoms with van der Waals surface area (Å²) in [5, 5.41) is 35.3. The van der Waals surface area contributed by atoms with Crippen molar-refractivity contribution in [3.8, 4) is 0 Å². The summed E-state index contributed by atoms with van der Waals surface area (Å²) < 4.78 is 0. The molecule has 0 aliphatic carbocycles. The van der Waals surface area contributed by atoms with E-state index in [1.54, 1.807) is 0 Å². The first-order chi connectivity index (χ1) is 7.15. The second kappa shape index (κ2) is 12.6. The summed E-state index contributed by atoms with van der Waals surface area (Å²) in [7, 11) is -2.92. The van der Waals surface area contributed by atoms with Gasteiger partial charge in [0.25, 0.3) is 0 Å². The zero-order valence-electron chi connectivity index (χ0n) is 10.6. The van der Waals surface area contributed by atoms with E-state index in [0.717, 1.165) is 19.3 Å². The molecule has 17 heavy (non-hydrogen) atoms. The van der Waals surface area contributed by atoms with E-state index < -0.39 is 13.3 Å². The number of hydrogen-bond donors (Lipinski definition) is 0. The summed E-state index contributed by atoms with van der Waals surface area (Å²) in [6.07, 6.45) is 4.27. The van der Waals surface area contributed by atoms with Gasteiger partial charge >= 0.3 is 0 Å². The summed E-state index contributed by atoms with van der Waals surface area (Å²) in [6, 6.07) is 0. The topological polar surface area (TPSA) is 109 Å². The fourth-order valence-corrected chi connectivity index (χ4v) is 1.10. The van der Waals surface area contributed by atoms with Crippen LogP contribution >= 0.6 is 0 Å². The second-order valence-corrected chi connectivity index (χ2v) is 4.78. The Hall–Kier alpha value is 0.155. The first-order valence-corrected chi connectivity index (χ1v) is 5.32. The predicted molar refractivity (Wildman–Crippen MR) is 53.3 cm³/mol. The summed E-state index contributed by atoms with van der Waals surface area (Å²) in [5.74, 6) is -0.925. The van der Waals surface area contributed by atoms with Crippen LogP contribution in [0.2, 0.25) is 0 Å². The molecular formula is C10H19BNbO5-4. The van der Waals surface area contributed by atoms with Gasteiger partial charge in [-0.2, -0.15) is 0 Å². The molecule has 0 heterocycles. The smallest absolute Gasteiger partial charge is 0.0414 e. The van der Waals surface area contributed by atoms with Gasteiger partial charge < -0.3 is 25.0 Å². The van der Waals surface area contributed by atoms with Crippen LogP contribution in [0.1, 0.15) is 52.9 Å². The number of carbonyl (C=O) groups excluding carboxylic acids is 1. The quantitative estimate of drug-likeness (QED) is 0.421. The SMILES string of the molecule is CC(C)(C)CCCCCC(=O)[O-].[Nb].[O-]B([O-])[O-]. The molecule has 0 unspecified atom stereocenters. The van der Waals surface area contributed by atoms with Gasteiger partial charge in [-0.3, -0.25) is 7.32 Å². The van der Waals surface area contributed by atoms with Crippen LogP contribution in [0.3, 0.4) is 0 Å². The first-order valence-electron chi connectivity index (χ1n) is 5.32. The van der Waals surface area contributed by atoms with Crippen LogP contribution in [0, 0.1) is 5.41 Å². The van der Waals surface area contributed by atoms with Crippen LogP contribution in [0.15, 0.2) is 0 Å². The molecule has 0 rings (SSSR count). The van der Waals surface area contributed by atoms with E-state index in [0.29, 0.717) is 5.41 Å². The van der Waals surface area contributed by atoms with E-state index in [-0.39, 0.29) is 28.8 Å². The van der Waals surface area contributed by atoms with Gasteiger partial charge in [0.05, 0.1) is 0 Å². The van der Waals surface area contributed by atoms with Crippen molar-refractivity contribution < 1.29 is 47.4 Å². The molecule has 0 bridgehead atoms. The number of carboxylic acids is 1. The van der Waals surface area contributed by atoms with Crippen molar-refractivity contribution in [2.24, 2.45) is 5.41 Å². The number of hydrogen-bond acceptors (Lipinski definition) is 5. The van der Waals surface area contributed by atoms with E-state index in [1.807, 2.05) is 0 Å². The standard InChI is InChI=1S/C10H20O2.BO3.Nb/c1-10(2,3)8-6-4-5-7-9(11)12;2-1(3)4;/h4-8H2,1-3H3,(H,11,12);;/q;-3;/p-1. The molecule has 101 valence electrons. The van der Waals surface area contributed by atoms with Crippen LogP contribution < -0.4 is 20.2 Å². The number of carboxylic acid groups (broad SMARTS) is 1. The zero-order chi connectivity index (χ0) is 13.2. The van der Waals surface area contributed by atoms with Gasteiger partial charge in [-0.1, -0.05) is 33.6 Å².